The van der Waals surface area contributed by atoms with Gasteiger partial charge in [-0.05, 0) is 48.0 Å². The summed E-state index contributed by atoms with van der Waals surface area (Å²) in [4.78, 5) is 25.7. The van der Waals surface area contributed by atoms with Crippen molar-refractivity contribution in [2.45, 2.75) is 90.8 Å². The number of esters is 2. The molecule has 3 heterocycles. The number of rotatable bonds is 2. The zero-order valence-electron chi connectivity index (χ0n) is 21.4. The summed E-state index contributed by atoms with van der Waals surface area (Å²) in [5, 5.41) is 10.9. The van der Waals surface area contributed by atoms with Crippen LogP contribution < -0.4 is 0 Å². The fourth-order valence-electron chi connectivity index (χ4n) is 9.34. The number of carbonyl (C=O) groups excluding carboxylic acids is 2. The number of hydrogen-bond donors (Lipinski definition) is 1. The predicted octanol–water partition coefficient (Wildman–Crippen LogP) is 4.35. The van der Waals surface area contributed by atoms with E-state index in [1.807, 2.05) is 12.1 Å². The van der Waals surface area contributed by atoms with Crippen LogP contribution in [-0.2, 0) is 23.8 Å². The second-order valence-corrected chi connectivity index (χ2v) is 12.8. The van der Waals surface area contributed by atoms with Gasteiger partial charge >= 0.3 is 11.9 Å². The van der Waals surface area contributed by atoms with Gasteiger partial charge < -0.3 is 23.7 Å². The molecule has 0 radical (unpaired) electrons. The molecule has 0 amide bonds. The van der Waals surface area contributed by atoms with Crippen molar-refractivity contribution in [3.05, 3.63) is 36.3 Å². The summed E-state index contributed by atoms with van der Waals surface area (Å²) < 4.78 is 24.0. The van der Waals surface area contributed by atoms with Crippen molar-refractivity contribution >= 4 is 11.9 Å². The van der Waals surface area contributed by atoms with Crippen LogP contribution in [0.4, 0.5) is 0 Å². The van der Waals surface area contributed by atoms with Gasteiger partial charge in [0.2, 0.25) is 0 Å². The lowest BCUT2D eigenvalue weighted by Gasteiger charge is -2.69. The molecular formula is C28H36O7. The van der Waals surface area contributed by atoms with E-state index in [2.05, 4.69) is 40.7 Å². The Balaban J connectivity index is 1.55. The van der Waals surface area contributed by atoms with Gasteiger partial charge in [0.1, 0.15) is 17.8 Å². The minimum atomic E-state index is -0.831. The number of fused-ring (bicyclic) bond motifs is 3. The number of furan rings is 1. The van der Waals surface area contributed by atoms with Crippen LogP contribution in [0.2, 0.25) is 0 Å². The minimum absolute atomic E-state index is 0.0788. The van der Waals surface area contributed by atoms with Crippen molar-refractivity contribution in [2.24, 2.45) is 33.5 Å². The maximum absolute atomic E-state index is 13.3. The number of allylic oxidation sites excluding steroid dienone is 1. The van der Waals surface area contributed by atoms with Crippen LogP contribution in [0.15, 0.2) is 35.2 Å². The molecule has 5 aliphatic rings. The number of carbonyl (C=O) groups is 2. The van der Waals surface area contributed by atoms with Crippen LogP contribution in [0.25, 0.3) is 0 Å². The van der Waals surface area contributed by atoms with E-state index in [4.69, 9.17) is 18.6 Å². The van der Waals surface area contributed by atoms with Gasteiger partial charge in [-0.25, -0.2) is 4.79 Å². The Kier molecular flexibility index (Phi) is 4.52. The van der Waals surface area contributed by atoms with Crippen LogP contribution in [0.1, 0.15) is 72.5 Å². The third-order valence-electron chi connectivity index (χ3n) is 11.0. The Morgan fingerprint density at radius 3 is 2.54 bits per heavy atom. The van der Waals surface area contributed by atoms with E-state index in [-0.39, 0.29) is 29.2 Å². The molecule has 35 heavy (non-hydrogen) atoms. The lowest BCUT2D eigenvalue weighted by Crippen LogP contribution is -2.72. The highest BCUT2D eigenvalue weighted by atomic mass is 16.7. The van der Waals surface area contributed by atoms with E-state index >= 15 is 0 Å². The first-order valence-electron chi connectivity index (χ1n) is 12.8. The number of hydrogen-bond acceptors (Lipinski definition) is 7. The average molecular weight is 485 g/mol. The highest BCUT2D eigenvalue weighted by molar-refractivity contribution is 5.82. The summed E-state index contributed by atoms with van der Waals surface area (Å²) >= 11 is 0. The van der Waals surface area contributed by atoms with Crippen LogP contribution in [-0.4, -0.2) is 41.0 Å². The third kappa shape index (κ3) is 2.54. The number of ether oxygens (including phenoxy) is 3. The first-order valence-corrected chi connectivity index (χ1v) is 12.8. The molecule has 2 aliphatic heterocycles. The molecule has 1 N–H and O–H groups in total. The summed E-state index contributed by atoms with van der Waals surface area (Å²) in [7, 11) is 0. The van der Waals surface area contributed by atoms with Gasteiger partial charge in [0, 0.05) is 23.3 Å². The largest absolute Gasteiger partial charge is 0.472 e. The lowest BCUT2D eigenvalue weighted by atomic mass is 9.35. The molecule has 10 atom stereocenters. The molecule has 6 rings (SSSR count). The van der Waals surface area contributed by atoms with Gasteiger partial charge in [-0.1, -0.05) is 46.8 Å². The summed E-state index contributed by atoms with van der Waals surface area (Å²) in [6, 6.07) is 1.85. The van der Waals surface area contributed by atoms with Gasteiger partial charge in [0.25, 0.3) is 0 Å². The van der Waals surface area contributed by atoms with Gasteiger partial charge in [0.05, 0.1) is 18.6 Å². The Hall–Kier alpha value is -2.12. The van der Waals surface area contributed by atoms with Gasteiger partial charge in [-0.15, -0.1) is 0 Å². The quantitative estimate of drug-likeness (QED) is 0.378. The molecule has 0 bridgehead atoms. The monoisotopic (exact) mass is 484 g/mol. The standard InChI is InChI=1S/C28H36O7/c1-15(29)33-20-13-18-24(2,3)19(30)8-10-25(18,4)17-7-11-26(5)21(16-9-12-32-14-16)34-23(31)22-28(26,35-22)27(17,20)6/h8-10,12,14,17-22,30H,7,11,13H2,1-6H3/t17?,18?,19?,20-,21+,22?,25-,26+,27+,28?/m1/s1. The highest BCUT2D eigenvalue weighted by Crippen LogP contribution is 2.79. The molecule has 0 aromatic carbocycles. The molecule has 7 nitrogen and oxygen atoms in total. The van der Waals surface area contributed by atoms with E-state index in [1.54, 1.807) is 12.5 Å². The van der Waals surface area contributed by atoms with E-state index < -0.39 is 46.3 Å². The molecule has 3 aliphatic carbocycles. The zero-order chi connectivity index (χ0) is 25.2. The SMILES string of the molecule is CC(=O)O[C@@H]1CC2C(C)(C)C(O)C=C[C@]2(C)C2CC[C@@]3(C)[C@H](c4ccoc4)OC(=O)C4OC43[C@@]21C. The molecule has 1 spiro atoms. The fourth-order valence-corrected chi connectivity index (χ4v) is 9.34. The lowest BCUT2D eigenvalue weighted by molar-refractivity contribution is -0.257. The Bertz CT molecular complexity index is 1110. The molecule has 1 aromatic heterocycles. The van der Waals surface area contributed by atoms with E-state index in [9.17, 15) is 14.7 Å². The van der Waals surface area contributed by atoms with Gasteiger partial charge in [0.15, 0.2) is 6.10 Å². The molecule has 7 heteroatoms. The van der Waals surface area contributed by atoms with Crippen LogP contribution in [0, 0.1) is 33.5 Å². The van der Waals surface area contributed by atoms with E-state index in [1.165, 1.54) is 6.92 Å². The first-order chi connectivity index (χ1) is 16.3. The van der Waals surface area contributed by atoms with Crippen LogP contribution in [0.5, 0.6) is 0 Å². The molecule has 190 valence electrons. The Morgan fingerprint density at radius 1 is 1.14 bits per heavy atom. The van der Waals surface area contributed by atoms with Gasteiger partial charge in [-0.3, -0.25) is 4.79 Å². The van der Waals surface area contributed by atoms with E-state index in [0.717, 1.165) is 18.4 Å². The first kappa shape index (κ1) is 23.3. The summed E-state index contributed by atoms with van der Waals surface area (Å²) in [5.74, 6) is -0.529. The Labute approximate surface area is 206 Å². The fraction of sp³-hybridized carbons (Fsp3) is 0.714. The maximum Gasteiger partial charge on any atom is 0.339 e. The number of aliphatic hydroxyl groups excluding tert-OH is 1. The van der Waals surface area contributed by atoms with E-state index in [0.29, 0.717) is 6.42 Å². The topological polar surface area (TPSA) is 98.5 Å². The molecule has 1 aromatic rings. The molecule has 4 fully saturated rings. The second kappa shape index (κ2) is 6.80. The number of cyclic esters (lactones) is 1. The molecule has 2 saturated carbocycles. The van der Waals surface area contributed by atoms with Crippen molar-refractivity contribution in [3.63, 3.8) is 0 Å². The average Bonchev–Trinajstić information content (AvgIpc) is 3.35. The van der Waals surface area contributed by atoms with Crippen molar-refractivity contribution < 1.29 is 33.3 Å². The van der Waals surface area contributed by atoms with Crippen molar-refractivity contribution in [2.75, 3.05) is 0 Å². The summed E-state index contributed by atoms with van der Waals surface area (Å²) in [5.41, 5.74) is -1.81. The normalized spacial score (nSPS) is 51.2. The molecular weight excluding hydrogens is 448 g/mol. The highest BCUT2D eigenvalue weighted by Gasteiger charge is 2.88. The van der Waals surface area contributed by atoms with Crippen molar-refractivity contribution in [3.8, 4) is 0 Å². The van der Waals surface area contributed by atoms with Crippen molar-refractivity contribution in [1.82, 2.24) is 0 Å². The third-order valence-corrected chi connectivity index (χ3v) is 11.0. The number of epoxide rings is 1. The Morgan fingerprint density at radius 2 is 1.89 bits per heavy atom. The van der Waals surface area contributed by atoms with Crippen molar-refractivity contribution in [1.29, 1.82) is 0 Å². The van der Waals surface area contributed by atoms with Gasteiger partial charge in [-0.2, -0.15) is 0 Å². The smallest absolute Gasteiger partial charge is 0.339 e. The molecule has 2 saturated heterocycles. The zero-order valence-corrected chi connectivity index (χ0v) is 21.4. The summed E-state index contributed by atoms with van der Waals surface area (Å²) in [6.45, 7) is 12.3. The second-order valence-electron chi connectivity index (χ2n) is 12.8. The minimum Gasteiger partial charge on any atom is -0.472 e. The molecule has 5 unspecified atom stereocenters. The predicted molar refractivity (Wildman–Crippen MR) is 125 cm³/mol. The van der Waals surface area contributed by atoms with Crippen LogP contribution in [0.3, 0.4) is 0 Å². The van der Waals surface area contributed by atoms with Crippen LogP contribution >= 0.6 is 0 Å². The number of aliphatic hydroxyl groups is 1. The summed E-state index contributed by atoms with van der Waals surface area (Å²) in [6.07, 6.45) is 7.38. The maximum atomic E-state index is 13.3.